The Balaban J connectivity index is 0. The lowest BCUT2D eigenvalue weighted by molar-refractivity contribution is -0.203. The van der Waals surface area contributed by atoms with Gasteiger partial charge in [0.2, 0.25) is 0 Å². The molecule has 0 aromatic carbocycles. The minimum atomic E-state index is -5.21. The second kappa shape index (κ2) is 5.57. The third-order valence-electron chi connectivity index (χ3n) is 1.21. The van der Waals surface area contributed by atoms with Crippen LogP contribution in [0.2, 0.25) is 0 Å². The summed E-state index contributed by atoms with van der Waals surface area (Å²) in [5.41, 5.74) is 3.46. The number of rotatable bonds is 2. The molecular weight excluding hydrogens is 259 g/mol. The Hall–Kier alpha value is -0.470. The standard InChI is InChI=1S/C6H8F3NO3S.ClH/c1-5(10,2-14)3(11)13-4(12)6(7,8)9;/h14H,2,10H2,1H3;1H/t5-;/m0./s1. The van der Waals surface area contributed by atoms with Crippen molar-refractivity contribution in [3.8, 4) is 0 Å². The zero-order chi connectivity index (χ0) is 11.6. The molecule has 0 radical (unpaired) electrons. The molecule has 0 saturated heterocycles. The maximum atomic E-state index is 11.6. The summed E-state index contributed by atoms with van der Waals surface area (Å²) in [6.45, 7) is 1.10. The zero-order valence-corrected chi connectivity index (χ0v) is 9.21. The number of alkyl halides is 3. The lowest BCUT2D eigenvalue weighted by Gasteiger charge is -2.18. The molecule has 0 spiro atoms. The molecular formula is C6H9ClF3NO3S. The Kier molecular flexibility index (Phi) is 6.29. The van der Waals surface area contributed by atoms with Gasteiger partial charge in [-0.3, -0.25) is 0 Å². The Morgan fingerprint density at radius 3 is 2.00 bits per heavy atom. The summed E-state index contributed by atoms with van der Waals surface area (Å²) < 4.78 is 38.3. The van der Waals surface area contributed by atoms with Crippen LogP contribution in [-0.4, -0.2) is 29.4 Å². The predicted molar refractivity (Wildman–Crippen MR) is 50.8 cm³/mol. The van der Waals surface area contributed by atoms with Gasteiger partial charge in [-0.15, -0.1) is 12.4 Å². The molecule has 0 saturated carbocycles. The number of hydrogen-bond donors (Lipinski definition) is 2. The normalized spacial score (nSPS) is 14.8. The van der Waals surface area contributed by atoms with Crippen molar-refractivity contribution in [2.75, 3.05) is 5.75 Å². The van der Waals surface area contributed by atoms with E-state index in [2.05, 4.69) is 17.4 Å². The fraction of sp³-hybridized carbons (Fsp3) is 0.667. The summed E-state index contributed by atoms with van der Waals surface area (Å²) >= 11 is 3.62. The van der Waals surface area contributed by atoms with E-state index in [0.717, 1.165) is 6.92 Å². The van der Waals surface area contributed by atoms with Gasteiger partial charge >= 0.3 is 18.1 Å². The van der Waals surface area contributed by atoms with Crippen LogP contribution < -0.4 is 5.73 Å². The summed E-state index contributed by atoms with van der Waals surface area (Å²) in [5, 5.41) is 0. The van der Waals surface area contributed by atoms with Crippen molar-refractivity contribution < 1.29 is 27.5 Å². The lowest BCUT2D eigenvalue weighted by atomic mass is 10.1. The third kappa shape index (κ3) is 5.24. The summed E-state index contributed by atoms with van der Waals surface area (Å²) in [4.78, 5) is 21.0. The molecule has 0 aliphatic carbocycles. The number of hydrogen-bond acceptors (Lipinski definition) is 5. The van der Waals surface area contributed by atoms with E-state index >= 15 is 0 Å². The number of thiol groups is 1. The highest BCUT2D eigenvalue weighted by molar-refractivity contribution is 7.80. The highest BCUT2D eigenvalue weighted by Crippen LogP contribution is 2.18. The van der Waals surface area contributed by atoms with Crippen molar-refractivity contribution in [1.29, 1.82) is 0 Å². The van der Waals surface area contributed by atoms with Crippen molar-refractivity contribution in [1.82, 2.24) is 0 Å². The molecule has 4 nitrogen and oxygen atoms in total. The smallest absolute Gasteiger partial charge is 0.385 e. The molecule has 0 aliphatic heterocycles. The summed E-state index contributed by atoms with van der Waals surface area (Å²) in [7, 11) is 0. The van der Waals surface area contributed by atoms with Crippen molar-refractivity contribution in [3.63, 3.8) is 0 Å². The summed E-state index contributed by atoms with van der Waals surface area (Å²) in [6.07, 6.45) is -5.21. The van der Waals surface area contributed by atoms with Crippen LogP contribution in [0.15, 0.2) is 0 Å². The fourth-order valence-electron chi connectivity index (χ4n) is 0.323. The lowest BCUT2D eigenvalue weighted by Crippen LogP contribution is -2.49. The van der Waals surface area contributed by atoms with Crippen LogP contribution in [0.5, 0.6) is 0 Å². The molecule has 0 aliphatic rings. The SMILES string of the molecule is C[C@](N)(CS)C(=O)OC(=O)C(F)(F)F.Cl. The number of ether oxygens (including phenoxy) is 1. The molecule has 0 heterocycles. The van der Waals surface area contributed by atoms with E-state index in [1.54, 1.807) is 0 Å². The molecule has 9 heteroatoms. The number of carbonyl (C=O) groups excluding carboxylic acids is 2. The van der Waals surface area contributed by atoms with E-state index in [9.17, 15) is 22.8 Å². The van der Waals surface area contributed by atoms with Gasteiger partial charge in [0, 0.05) is 5.75 Å². The van der Waals surface area contributed by atoms with Crippen molar-refractivity contribution in [2.45, 2.75) is 18.6 Å². The zero-order valence-electron chi connectivity index (χ0n) is 7.50. The van der Waals surface area contributed by atoms with Gasteiger partial charge in [-0.05, 0) is 6.92 Å². The largest absolute Gasteiger partial charge is 0.491 e. The topological polar surface area (TPSA) is 69.4 Å². The Morgan fingerprint density at radius 2 is 1.73 bits per heavy atom. The van der Waals surface area contributed by atoms with Gasteiger partial charge < -0.3 is 10.5 Å². The first-order chi connectivity index (χ1) is 6.11. The van der Waals surface area contributed by atoms with Crippen LogP contribution in [0.4, 0.5) is 13.2 Å². The van der Waals surface area contributed by atoms with Crippen LogP contribution in [0.1, 0.15) is 6.92 Å². The highest BCUT2D eigenvalue weighted by Gasteiger charge is 2.44. The molecule has 15 heavy (non-hydrogen) atoms. The van der Waals surface area contributed by atoms with Crippen molar-refractivity contribution >= 4 is 37.0 Å². The monoisotopic (exact) mass is 267 g/mol. The Bertz CT molecular complexity index is 256. The summed E-state index contributed by atoms with van der Waals surface area (Å²) in [6, 6.07) is 0. The Morgan fingerprint density at radius 1 is 1.33 bits per heavy atom. The van der Waals surface area contributed by atoms with E-state index in [4.69, 9.17) is 5.73 Å². The number of nitrogens with two attached hydrogens (primary N) is 1. The average Bonchev–Trinajstić information content (AvgIpc) is 2.02. The van der Waals surface area contributed by atoms with Crippen LogP contribution in [0.3, 0.4) is 0 Å². The Labute approximate surface area is 95.1 Å². The molecule has 0 fully saturated rings. The molecule has 90 valence electrons. The van der Waals surface area contributed by atoms with Gasteiger partial charge in [0.15, 0.2) is 0 Å². The van der Waals surface area contributed by atoms with Gasteiger partial charge in [-0.1, -0.05) is 0 Å². The molecule has 0 rings (SSSR count). The molecule has 1 atom stereocenters. The van der Waals surface area contributed by atoms with E-state index < -0.39 is 23.7 Å². The van der Waals surface area contributed by atoms with E-state index in [1.807, 2.05) is 0 Å². The predicted octanol–water partition coefficient (Wildman–Crippen LogP) is 0.687. The van der Waals surface area contributed by atoms with Gasteiger partial charge in [-0.25, -0.2) is 9.59 Å². The van der Waals surface area contributed by atoms with Crippen LogP contribution in [-0.2, 0) is 14.3 Å². The molecule has 2 N–H and O–H groups in total. The quantitative estimate of drug-likeness (QED) is 0.439. The van der Waals surface area contributed by atoms with Crippen molar-refractivity contribution in [2.24, 2.45) is 5.73 Å². The molecule has 0 amide bonds. The third-order valence-corrected chi connectivity index (χ3v) is 1.87. The maximum Gasteiger partial charge on any atom is 0.491 e. The number of esters is 2. The molecule has 0 aromatic heterocycles. The van der Waals surface area contributed by atoms with Gasteiger partial charge in [0.1, 0.15) is 5.54 Å². The highest BCUT2D eigenvalue weighted by atomic mass is 35.5. The average molecular weight is 268 g/mol. The number of halogens is 4. The van der Waals surface area contributed by atoms with Gasteiger partial charge in [0.25, 0.3) is 0 Å². The minimum Gasteiger partial charge on any atom is -0.385 e. The van der Waals surface area contributed by atoms with Gasteiger partial charge in [-0.2, -0.15) is 25.8 Å². The van der Waals surface area contributed by atoms with Crippen LogP contribution >= 0.6 is 25.0 Å². The molecule has 0 unspecified atom stereocenters. The van der Waals surface area contributed by atoms with Crippen LogP contribution in [0.25, 0.3) is 0 Å². The molecule has 0 bridgehead atoms. The van der Waals surface area contributed by atoms with E-state index in [0.29, 0.717) is 0 Å². The number of carbonyl (C=O) groups is 2. The first-order valence-corrected chi connectivity index (χ1v) is 3.97. The first kappa shape index (κ1) is 16.9. The van der Waals surface area contributed by atoms with E-state index in [-0.39, 0.29) is 18.2 Å². The van der Waals surface area contributed by atoms with E-state index in [1.165, 1.54) is 0 Å². The maximum absolute atomic E-state index is 11.6. The van der Waals surface area contributed by atoms with Crippen LogP contribution in [0, 0.1) is 0 Å². The second-order valence-corrected chi connectivity index (χ2v) is 3.07. The molecule has 0 aromatic rings. The summed E-state index contributed by atoms with van der Waals surface area (Å²) in [5.74, 6) is -4.28. The minimum absolute atomic E-state index is 0. The first-order valence-electron chi connectivity index (χ1n) is 3.34. The van der Waals surface area contributed by atoms with Crippen molar-refractivity contribution in [3.05, 3.63) is 0 Å². The second-order valence-electron chi connectivity index (χ2n) is 2.75. The van der Waals surface area contributed by atoms with Gasteiger partial charge in [0.05, 0.1) is 0 Å². The fourth-order valence-corrected chi connectivity index (χ4v) is 0.452.